The van der Waals surface area contributed by atoms with Gasteiger partial charge in [-0.05, 0) is 57.7 Å². The molecule has 0 aliphatic carbocycles. The lowest BCUT2D eigenvalue weighted by molar-refractivity contribution is 0.0879. The van der Waals surface area contributed by atoms with Crippen LogP contribution in [0.5, 0.6) is 0 Å². The maximum atomic E-state index is 12.8. The molecule has 0 bridgehead atoms. The van der Waals surface area contributed by atoms with Crippen LogP contribution in [0.3, 0.4) is 0 Å². The number of carbonyl (C=O) groups is 1. The van der Waals surface area contributed by atoms with E-state index >= 15 is 0 Å². The fourth-order valence-electron chi connectivity index (χ4n) is 4.54. The first-order valence-electron chi connectivity index (χ1n) is 9.66. The molecule has 1 amide bonds. The van der Waals surface area contributed by atoms with Gasteiger partial charge in [0, 0.05) is 26.3 Å². The molecule has 1 N–H and O–H groups in total. The number of hydrogen-bond acceptors (Lipinski definition) is 4. The monoisotopic (exact) mass is 356 g/mol. The van der Waals surface area contributed by atoms with Crippen molar-refractivity contribution in [2.24, 2.45) is 13.0 Å². The van der Waals surface area contributed by atoms with Crippen molar-refractivity contribution in [2.45, 2.75) is 44.7 Å². The molecule has 0 spiro atoms. The van der Waals surface area contributed by atoms with Gasteiger partial charge in [-0.25, -0.2) is 0 Å². The Labute approximate surface area is 154 Å². The Morgan fingerprint density at radius 3 is 2.92 bits per heavy atom. The molecule has 7 nitrogen and oxygen atoms in total. The van der Waals surface area contributed by atoms with E-state index in [0.29, 0.717) is 12.5 Å². The second-order valence-corrected chi connectivity index (χ2v) is 7.60. The van der Waals surface area contributed by atoms with Crippen LogP contribution in [0, 0.1) is 5.92 Å². The van der Waals surface area contributed by atoms with E-state index in [-0.39, 0.29) is 11.9 Å². The van der Waals surface area contributed by atoms with Gasteiger partial charge in [-0.3, -0.25) is 19.1 Å². The van der Waals surface area contributed by atoms with Crippen molar-refractivity contribution in [3.8, 4) is 0 Å². The summed E-state index contributed by atoms with van der Waals surface area (Å²) in [5.41, 5.74) is 3.07. The minimum absolute atomic E-state index is 0.0186. The van der Waals surface area contributed by atoms with Gasteiger partial charge in [-0.2, -0.15) is 10.2 Å². The molecule has 4 heterocycles. The molecule has 140 valence electrons. The Balaban J connectivity index is 1.46. The van der Waals surface area contributed by atoms with Crippen LogP contribution < -0.4 is 5.32 Å². The normalized spacial score (nSPS) is 23.6. The van der Waals surface area contributed by atoms with Gasteiger partial charge >= 0.3 is 0 Å². The zero-order valence-corrected chi connectivity index (χ0v) is 15.7. The third-order valence-electron chi connectivity index (χ3n) is 5.92. The molecule has 0 unspecified atom stereocenters. The van der Waals surface area contributed by atoms with Crippen LogP contribution >= 0.6 is 0 Å². The number of piperidine rings is 1. The summed E-state index contributed by atoms with van der Waals surface area (Å²) in [5, 5.41) is 11.9. The molecule has 7 heteroatoms. The maximum Gasteiger partial charge on any atom is 0.254 e. The summed E-state index contributed by atoms with van der Waals surface area (Å²) >= 11 is 0. The van der Waals surface area contributed by atoms with E-state index in [2.05, 4.69) is 33.5 Å². The first-order chi connectivity index (χ1) is 12.6. The maximum absolute atomic E-state index is 12.8. The van der Waals surface area contributed by atoms with E-state index in [4.69, 9.17) is 0 Å². The Morgan fingerprint density at radius 2 is 2.12 bits per heavy atom. The Bertz CT molecular complexity index is 779. The summed E-state index contributed by atoms with van der Waals surface area (Å²) < 4.78 is 3.95. The highest BCUT2D eigenvalue weighted by Crippen LogP contribution is 2.34. The molecule has 26 heavy (non-hydrogen) atoms. The number of aromatic nitrogens is 4. The number of fused-ring (bicyclic) bond motifs is 1. The largest absolute Gasteiger partial charge is 0.352 e. The van der Waals surface area contributed by atoms with E-state index in [1.165, 1.54) is 5.69 Å². The topological polar surface area (TPSA) is 68.0 Å². The molecule has 1 fully saturated rings. The van der Waals surface area contributed by atoms with Crippen LogP contribution in [-0.2, 0) is 20.0 Å². The summed E-state index contributed by atoms with van der Waals surface area (Å²) in [6, 6.07) is 2.38. The van der Waals surface area contributed by atoms with Crippen LogP contribution in [0.15, 0.2) is 18.5 Å². The number of aryl methyl sites for hydroxylation is 2. The van der Waals surface area contributed by atoms with Gasteiger partial charge in [-0.1, -0.05) is 0 Å². The first kappa shape index (κ1) is 17.3. The minimum atomic E-state index is 0.0186. The summed E-state index contributed by atoms with van der Waals surface area (Å²) in [4.78, 5) is 15.2. The molecule has 2 atom stereocenters. The lowest BCUT2D eigenvalue weighted by atomic mass is 9.87. The van der Waals surface area contributed by atoms with Gasteiger partial charge in [0.1, 0.15) is 0 Å². The van der Waals surface area contributed by atoms with Gasteiger partial charge < -0.3 is 5.32 Å². The zero-order chi connectivity index (χ0) is 18.1. The lowest BCUT2D eigenvalue weighted by Crippen LogP contribution is -2.42. The van der Waals surface area contributed by atoms with E-state index in [1.54, 1.807) is 6.20 Å². The Kier molecular flexibility index (Phi) is 4.80. The van der Waals surface area contributed by atoms with Gasteiger partial charge in [0.25, 0.3) is 5.91 Å². The fraction of sp³-hybridized carbons (Fsp3) is 0.632. The quantitative estimate of drug-likeness (QED) is 0.906. The van der Waals surface area contributed by atoms with E-state index < -0.39 is 0 Å². The average Bonchev–Trinajstić information content (AvgIpc) is 3.26. The number of likely N-dealkylation sites (tertiary alicyclic amines) is 1. The molecule has 0 radical (unpaired) electrons. The third-order valence-corrected chi connectivity index (χ3v) is 5.92. The highest BCUT2D eigenvalue weighted by Gasteiger charge is 2.33. The van der Waals surface area contributed by atoms with E-state index in [1.807, 2.05) is 22.6 Å². The number of nitrogens with one attached hydrogen (secondary N) is 1. The average molecular weight is 356 g/mol. The molecule has 0 aromatic carbocycles. The molecule has 2 aromatic heterocycles. The highest BCUT2D eigenvalue weighted by atomic mass is 16.1. The summed E-state index contributed by atoms with van der Waals surface area (Å²) in [5.74, 6) is 0.407. The summed E-state index contributed by atoms with van der Waals surface area (Å²) in [7, 11) is 4.16. The summed E-state index contributed by atoms with van der Waals surface area (Å²) in [6.45, 7) is 2.69. The Hall–Kier alpha value is -2.15. The van der Waals surface area contributed by atoms with Crippen molar-refractivity contribution < 1.29 is 4.79 Å². The summed E-state index contributed by atoms with van der Waals surface area (Å²) in [6.07, 6.45) is 9.11. The van der Waals surface area contributed by atoms with Crippen LogP contribution in [-0.4, -0.2) is 50.5 Å². The van der Waals surface area contributed by atoms with Crippen molar-refractivity contribution in [2.75, 3.05) is 20.1 Å². The molecular formula is C19H28N6O. The van der Waals surface area contributed by atoms with Crippen LogP contribution in [0.2, 0.25) is 0 Å². The van der Waals surface area contributed by atoms with Gasteiger partial charge in [0.15, 0.2) is 0 Å². The SMILES string of the molecule is CN1CCC[C@@H](CNC(=O)c2cnn3c2CCCC3)[C@@H]1c1ccnn1C. The van der Waals surface area contributed by atoms with Gasteiger partial charge in [-0.15, -0.1) is 0 Å². The Morgan fingerprint density at radius 1 is 1.23 bits per heavy atom. The van der Waals surface area contributed by atoms with Crippen LogP contribution in [0.25, 0.3) is 0 Å². The van der Waals surface area contributed by atoms with Crippen molar-refractivity contribution in [1.29, 1.82) is 0 Å². The van der Waals surface area contributed by atoms with Gasteiger partial charge in [0.05, 0.1) is 29.2 Å². The molecule has 2 aliphatic rings. The van der Waals surface area contributed by atoms with E-state index in [9.17, 15) is 4.79 Å². The molecule has 2 aromatic rings. The number of nitrogens with zero attached hydrogens (tertiary/aromatic N) is 5. The standard InChI is InChI=1S/C19H28N6O/c1-23-10-5-6-14(18(23)17-8-9-21-24(17)2)12-20-19(26)15-13-22-25-11-4-3-7-16(15)25/h8-9,13-14,18H,3-7,10-12H2,1-2H3,(H,20,26)/t14-,18+/m0/s1. The number of hydrogen-bond donors (Lipinski definition) is 1. The highest BCUT2D eigenvalue weighted by molar-refractivity contribution is 5.95. The van der Waals surface area contributed by atoms with E-state index in [0.717, 1.165) is 56.5 Å². The molecule has 2 aliphatic heterocycles. The smallest absolute Gasteiger partial charge is 0.254 e. The number of amides is 1. The van der Waals surface area contributed by atoms with Crippen LogP contribution in [0.1, 0.15) is 53.5 Å². The number of carbonyl (C=O) groups excluding carboxylic acids is 1. The van der Waals surface area contributed by atoms with Crippen molar-refractivity contribution in [3.05, 3.63) is 35.4 Å². The first-order valence-corrected chi connectivity index (χ1v) is 9.66. The molecule has 1 saturated heterocycles. The van der Waals surface area contributed by atoms with Crippen molar-refractivity contribution >= 4 is 5.91 Å². The zero-order valence-electron chi connectivity index (χ0n) is 15.7. The lowest BCUT2D eigenvalue weighted by Gasteiger charge is -2.39. The second kappa shape index (κ2) is 7.23. The molecule has 4 rings (SSSR count). The molecular weight excluding hydrogens is 328 g/mol. The number of rotatable bonds is 4. The van der Waals surface area contributed by atoms with Crippen molar-refractivity contribution in [3.63, 3.8) is 0 Å². The predicted molar refractivity (Wildman–Crippen MR) is 98.8 cm³/mol. The fourth-order valence-corrected chi connectivity index (χ4v) is 4.54. The van der Waals surface area contributed by atoms with Crippen LogP contribution in [0.4, 0.5) is 0 Å². The van der Waals surface area contributed by atoms with Gasteiger partial charge in [0.2, 0.25) is 0 Å². The third kappa shape index (κ3) is 3.16. The molecule has 0 saturated carbocycles. The van der Waals surface area contributed by atoms with Crippen molar-refractivity contribution in [1.82, 2.24) is 29.8 Å². The predicted octanol–water partition coefficient (Wildman–Crippen LogP) is 1.77. The second-order valence-electron chi connectivity index (χ2n) is 7.60. The minimum Gasteiger partial charge on any atom is -0.352 e.